The summed E-state index contributed by atoms with van der Waals surface area (Å²) in [6, 6.07) is 4.19. The number of hydrogen-bond donors (Lipinski definition) is 0. The molecule has 2 rings (SSSR count). The predicted molar refractivity (Wildman–Crippen MR) is 68.4 cm³/mol. The number of benzene rings is 1. The maximum atomic E-state index is 7.08. The molecule has 0 spiro atoms. The summed E-state index contributed by atoms with van der Waals surface area (Å²) >= 11 is -0.544. The van der Waals surface area contributed by atoms with Crippen molar-refractivity contribution in [2.45, 2.75) is 33.1 Å². The zero-order valence-electron chi connectivity index (χ0n) is 9.96. The van der Waals surface area contributed by atoms with Crippen LogP contribution in [-0.4, -0.2) is 25.4 Å². The molecule has 0 saturated carbocycles. The van der Waals surface area contributed by atoms with Crippen LogP contribution in [0.4, 0.5) is 3.83 Å². The van der Waals surface area contributed by atoms with Crippen molar-refractivity contribution in [3.05, 3.63) is 34.7 Å². The second-order valence-electron chi connectivity index (χ2n) is 4.96. The number of hydrogen-bond acceptors (Lipinski definition) is 1. The molecular weight excluding hydrogens is 312 g/mol. The second kappa shape index (κ2) is 3.88. The minimum absolute atomic E-state index is 0.146. The van der Waals surface area contributed by atoms with Gasteiger partial charge in [0.15, 0.2) is 0 Å². The Bertz CT molecular complexity index is 582. The van der Waals surface area contributed by atoms with E-state index >= 15 is 0 Å². The second-order valence-corrected chi connectivity index (χ2v) is 7.75. The van der Waals surface area contributed by atoms with E-state index in [1.165, 1.54) is 14.5 Å². The van der Waals surface area contributed by atoms with Gasteiger partial charge in [0.25, 0.3) is 0 Å². The fourth-order valence-electron chi connectivity index (χ4n) is 2.06. The molecule has 0 amide bonds. The molecule has 0 radical (unpaired) electrons. The SMILES string of the molecule is [C-]#[N+]c1nc2ccc(C)c(C(C)(C)C)c2[te]1. The molecule has 1 heterocycles. The molecule has 0 saturated heterocycles. The molecular formula is C13H14N2Te. The molecule has 0 atom stereocenters. The van der Waals surface area contributed by atoms with E-state index in [1.807, 2.05) is 0 Å². The van der Waals surface area contributed by atoms with Gasteiger partial charge in [-0.2, -0.15) is 0 Å². The van der Waals surface area contributed by atoms with Gasteiger partial charge in [-0.25, -0.2) is 0 Å². The molecule has 82 valence electrons. The van der Waals surface area contributed by atoms with Gasteiger partial charge < -0.3 is 0 Å². The van der Waals surface area contributed by atoms with Gasteiger partial charge in [-0.1, -0.05) is 0 Å². The summed E-state index contributed by atoms with van der Waals surface area (Å²) in [6.45, 7) is 15.9. The van der Waals surface area contributed by atoms with Crippen molar-refractivity contribution < 1.29 is 0 Å². The van der Waals surface area contributed by atoms with E-state index in [2.05, 4.69) is 49.7 Å². The van der Waals surface area contributed by atoms with Crippen LogP contribution in [0.3, 0.4) is 0 Å². The molecule has 0 fully saturated rings. The summed E-state index contributed by atoms with van der Waals surface area (Å²) in [7, 11) is 0. The Hall–Kier alpha value is -0.830. The van der Waals surface area contributed by atoms with Gasteiger partial charge in [-0.3, -0.25) is 0 Å². The maximum absolute atomic E-state index is 7.08. The number of nitrogens with zero attached hydrogens (tertiary/aromatic N) is 2. The molecule has 0 bridgehead atoms. The van der Waals surface area contributed by atoms with Crippen molar-refractivity contribution in [2.24, 2.45) is 0 Å². The first kappa shape index (κ1) is 11.6. The monoisotopic (exact) mass is 328 g/mol. The van der Waals surface area contributed by atoms with Crippen molar-refractivity contribution in [3.8, 4) is 0 Å². The van der Waals surface area contributed by atoms with E-state index in [-0.39, 0.29) is 5.41 Å². The molecule has 0 N–H and O–H groups in total. The Kier molecular flexibility index (Phi) is 2.82. The third kappa shape index (κ3) is 1.88. The zero-order chi connectivity index (χ0) is 11.9. The topological polar surface area (TPSA) is 17.2 Å². The van der Waals surface area contributed by atoms with Gasteiger partial charge in [0.1, 0.15) is 0 Å². The average molecular weight is 326 g/mol. The van der Waals surface area contributed by atoms with Gasteiger partial charge in [0.2, 0.25) is 0 Å². The molecule has 0 aliphatic rings. The average Bonchev–Trinajstić information content (AvgIpc) is 2.57. The van der Waals surface area contributed by atoms with Gasteiger partial charge in [0.05, 0.1) is 0 Å². The van der Waals surface area contributed by atoms with Gasteiger partial charge in [-0.05, 0) is 0 Å². The van der Waals surface area contributed by atoms with Crippen molar-refractivity contribution >= 4 is 33.2 Å². The van der Waals surface area contributed by atoms with Gasteiger partial charge >= 0.3 is 106 Å². The van der Waals surface area contributed by atoms with Crippen LogP contribution < -0.4 is 0 Å². The number of fused-ring (bicyclic) bond motifs is 1. The predicted octanol–water partition coefficient (Wildman–Crippen LogP) is 3.45. The Labute approximate surface area is 106 Å². The summed E-state index contributed by atoms with van der Waals surface area (Å²) in [5.41, 5.74) is 3.93. The van der Waals surface area contributed by atoms with Crippen molar-refractivity contribution in [1.82, 2.24) is 4.98 Å². The van der Waals surface area contributed by atoms with E-state index < -0.39 is 20.4 Å². The molecule has 16 heavy (non-hydrogen) atoms. The van der Waals surface area contributed by atoms with E-state index in [0.29, 0.717) is 0 Å². The number of aromatic nitrogens is 1. The van der Waals surface area contributed by atoms with Crippen LogP contribution in [0.1, 0.15) is 31.9 Å². The van der Waals surface area contributed by atoms with Crippen LogP contribution >= 0.6 is 0 Å². The van der Waals surface area contributed by atoms with Crippen molar-refractivity contribution in [1.29, 1.82) is 0 Å². The van der Waals surface area contributed by atoms with Crippen LogP contribution in [0, 0.1) is 13.5 Å². The minimum atomic E-state index is -0.544. The molecule has 2 nitrogen and oxygen atoms in total. The Morgan fingerprint density at radius 2 is 2.00 bits per heavy atom. The van der Waals surface area contributed by atoms with Crippen LogP contribution in [0.25, 0.3) is 13.8 Å². The molecule has 1 aromatic heterocycles. The van der Waals surface area contributed by atoms with E-state index in [9.17, 15) is 0 Å². The quantitative estimate of drug-likeness (QED) is 0.535. The number of aryl methyl sites for hydroxylation is 1. The third-order valence-electron chi connectivity index (χ3n) is 2.60. The Balaban J connectivity index is 2.85. The van der Waals surface area contributed by atoms with E-state index in [1.54, 1.807) is 0 Å². The van der Waals surface area contributed by atoms with Gasteiger partial charge in [-0.15, -0.1) is 0 Å². The molecule has 0 aliphatic heterocycles. The zero-order valence-corrected chi connectivity index (χ0v) is 12.3. The van der Waals surface area contributed by atoms with Crippen LogP contribution in [0.2, 0.25) is 0 Å². The summed E-state index contributed by atoms with van der Waals surface area (Å²) < 4.78 is 2.13. The summed E-state index contributed by atoms with van der Waals surface area (Å²) in [6.07, 6.45) is 0. The van der Waals surface area contributed by atoms with Crippen LogP contribution in [-0.2, 0) is 5.41 Å². The Morgan fingerprint density at radius 3 is 2.56 bits per heavy atom. The standard InChI is InChI=1S/C13H14N2Te/c1-8-6-7-9-11(10(8)13(2,3)4)16-12(14-5)15-9/h6-7H,1-4H3. The van der Waals surface area contributed by atoms with Crippen LogP contribution in [0.5, 0.6) is 0 Å². The summed E-state index contributed by atoms with van der Waals surface area (Å²) in [4.78, 5) is 7.92. The van der Waals surface area contributed by atoms with Crippen molar-refractivity contribution in [2.75, 3.05) is 0 Å². The van der Waals surface area contributed by atoms with Crippen LogP contribution in [0.15, 0.2) is 12.1 Å². The normalized spacial score (nSPS) is 11.7. The van der Waals surface area contributed by atoms with Crippen molar-refractivity contribution in [3.63, 3.8) is 0 Å². The van der Waals surface area contributed by atoms with E-state index in [0.717, 1.165) is 9.35 Å². The fraction of sp³-hybridized carbons (Fsp3) is 0.385. The summed E-state index contributed by atoms with van der Waals surface area (Å²) in [5, 5.41) is 0. The molecule has 0 unspecified atom stereocenters. The number of rotatable bonds is 0. The van der Waals surface area contributed by atoms with E-state index in [4.69, 9.17) is 6.57 Å². The Morgan fingerprint density at radius 1 is 1.31 bits per heavy atom. The first-order valence-corrected chi connectivity index (χ1v) is 7.54. The first-order valence-electron chi connectivity index (χ1n) is 5.21. The molecule has 0 aliphatic carbocycles. The van der Waals surface area contributed by atoms with Gasteiger partial charge in [0, 0.05) is 0 Å². The molecule has 3 heteroatoms. The summed E-state index contributed by atoms with van der Waals surface area (Å²) in [5.74, 6) is 0. The first-order chi connectivity index (χ1) is 7.43. The third-order valence-corrected chi connectivity index (χ3v) is 5.40. The fourth-order valence-corrected chi connectivity index (χ4v) is 5.37. The molecule has 2 aromatic rings. The molecule has 1 aromatic carbocycles.